The van der Waals surface area contributed by atoms with Crippen LogP contribution in [0.1, 0.15) is 16.7 Å². The number of hydrogen-bond donors (Lipinski definition) is 0. The van der Waals surface area contributed by atoms with E-state index in [-0.39, 0.29) is 24.6 Å². The molecule has 0 atom stereocenters. The molecule has 0 heterocycles. The second-order valence-corrected chi connectivity index (χ2v) is 7.19. The maximum absolute atomic E-state index is 10.8. The molecule has 9 nitrogen and oxygen atoms in total. The van der Waals surface area contributed by atoms with Crippen LogP contribution in [-0.2, 0) is 18.1 Å². The van der Waals surface area contributed by atoms with Crippen LogP contribution in [0.25, 0.3) is 0 Å². The highest BCUT2D eigenvalue weighted by Crippen LogP contribution is 2.26. The Labute approximate surface area is 185 Å². The lowest BCUT2D eigenvalue weighted by Gasteiger charge is -2.09. The van der Waals surface area contributed by atoms with E-state index < -0.39 is 9.85 Å². The number of nitro groups is 2. The van der Waals surface area contributed by atoms with Crippen molar-refractivity contribution >= 4 is 33.5 Å². The fourth-order valence-corrected chi connectivity index (χ4v) is 3.07. The van der Waals surface area contributed by atoms with E-state index in [0.29, 0.717) is 15.8 Å². The lowest BCUT2D eigenvalue weighted by molar-refractivity contribution is -0.385. The first-order valence-electron chi connectivity index (χ1n) is 8.97. The van der Waals surface area contributed by atoms with Gasteiger partial charge in [0.1, 0.15) is 19.0 Å². The summed E-state index contributed by atoms with van der Waals surface area (Å²) < 4.78 is 6.45. The van der Waals surface area contributed by atoms with Gasteiger partial charge >= 0.3 is 0 Å². The molecule has 0 N–H and O–H groups in total. The Morgan fingerprint density at radius 3 is 2.29 bits per heavy atom. The van der Waals surface area contributed by atoms with Gasteiger partial charge in [-0.25, -0.2) is 0 Å². The third-order valence-corrected chi connectivity index (χ3v) is 4.75. The van der Waals surface area contributed by atoms with Crippen LogP contribution in [0, 0.1) is 20.2 Å². The van der Waals surface area contributed by atoms with Crippen molar-refractivity contribution in [1.29, 1.82) is 0 Å². The predicted octanol–water partition coefficient (Wildman–Crippen LogP) is 5.40. The number of ether oxygens (including phenoxy) is 1. The predicted molar refractivity (Wildman–Crippen MR) is 117 cm³/mol. The SMILES string of the molecule is O=[N+]([O-])c1ccc(COc2ccc(/C=N\OCc3cccc([N+](=O)[O-])c3)cc2Br)cc1. The molecule has 3 aromatic carbocycles. The Morgan fingerprint density at radius 2 is 1.61 bits per heavy atom. The Morgan fingerprint density at radius 1 is 0.871 bits per heavy atom. The second-order valence-electron chi connectivity index (χ2n) is 6.34. The van der Waals surface area contributed by atoms with Crippen molar-refractivity contribution < 1.29 is 19.4 Å². The van der Waals surface area contributed by atoms with Gasteiger partial charge < -0.3 is 9.57 Å². The monoisotopic (exact) mass is 485 g/mol. The first-order valence-corrected chi connectivity index (χ1v) is 9.76. The maximum Gasteiger partial charge on any atom is 0.269 e. The minimum atomic E-state index is -0.463. The number of oxime groups is 1. The minimum Gasteiger partial charge on any atom is -0.488 e. The van der Waals surface area contributed by atoms with Gasteiger partial charge in [-0.05, 0) is 63.0 Å². The molecule has 10 heteroatoms. The fourth-order valence-electron chi connectivity index (χ4n) is 2.56. The van der Waals surface area contributed by atoms with E-state index in [4.69, 9.17) is 9.57 Å². The highest BCUT2D eigenvalue weighted by molar-refractivity contribution is 9.10. The molecule has 0 fully saturated rings. The Bertz CT molecular complexity index is 1120. The van der Waals surface area contributed by atoms with Crippen LogP contribution in [0.15, 0.2) is 76.4 Å². The number of nitrogens with zero attached hydrogens (tertiary/aromatic N) is 3. The summed E-state index contributed by atoms with van der Waals surface area (Å²) in [5.74, 6) is 0.605. The molecular formula is C21H16BrN3O6. The highest BCUT2D eigenvalue weighted by Gasteiger charge is 2.07. The third kappa shape index (κ3) is 6.34. The Balaban J connectivity index is 1.53. The molecule has 0 aliphatic carbocycles. The first kappa shape index (κ1) is 21.9. The number of halogens is 1. The van der Waals surface area contributed by atoms with Crippen molar-refractivity contribution in [1.82, 2.24) is 0 Å². The second kappa shape index (κ2) is 10.3. The molecule has 0 spiro atoms. The highest BCUT2D eigenvalue weighted by atomic mass is 79.9. The number of benzene rings is 3. The first-order chi connectivity index (χ1) is 14.9. The summed E-state index contributed by atoms with van der Waals surface area (Å²) in [6, 6.07) is 17.7. The van der Waals surface area contributed by atoms with Crippen molar-refractivity contribution in [3.63, 3.8) is 0 Å². The largest absolute Gasteiger partial charge is 0.488 e. The average Bonchev–Trinajstić information content (AvgIpc) is 2.76. The van der Waals surface area contributed by atoms with Gasteiger partial charge in [-0.3, -0.25) is 20.2 Å². The van der Waals surface area contributed by atoms with Crippen molar-refractivity contribution in [2.24, 2.45) is 5.16 Å². The summed E-state index contributed by atoms with van der Waals surface area (Å²) in [5.41, 5.74) is 2.23. The third-order valence-electron chi connectivity index (χ3n) is 4.13. The molecule has 0 aliphatic heterocycles. The van der Waals surface area contributed by atoms with E-state index in [0.717, 1.165) is 11.1 Å². The molecule has 158 valence electrons. The maximum atomic E-state index is 10.8. The lowest BCUT2D eigenvalue weighted by atomic mass is 10.2. The van der Waals surface area contributed by atoms with Gasteiger partial charge in [-0.1, -0.05) is 17.3 Å². The molecule has 0 unspecified atom stereocenters. The molecule has 0 bridgehead atoms. The molecule has 0 saturated heterocycles. The van der Waals surface area contributed by atoms with E-state index in [1.54, 1.807) is 42.5 Å². The van der Waals surface area contributed by atoms with E-state index in [9.17, 15) is 20.2 Å². The zero-order valence-corrected chi connectivity index (χ0v) is 17.6. The van der Waals surface area contributed by atoms with Gasteiger partial charge in [0.05, 0.1) is 20.5 Å². The average molecular weight is 486 g/mol. The zero-order chi connectivity index (χ0) is 22.2. The van der Waals surface area contributed by atoms with Crippen LogP contribution in [0.5, 0.6) is 5.75 Å². The van der Waals surface area contributed by atoms with Crippen LogP contribution in [0.3, 0.4) is 0 Å². The summed E-state index contributed by atoms with van der Waals surface area (Å²) in [4.78, 5) is 25.8. The van der Waals surface area contributed by atoms with Crippen molar-refractivity contribution in [2.75, 3.05) is 0 Å². The molecule has 0 radical (unpaired) electrons. The summed E-state index contributed by atoms with van der Waals surface area (Å²) in [6.45, 7) is 0.367. The minimum absolute atomic E-state index is 0.00155. The van der Waals surface area contributed by atoms with Crippen molar-refractivity contribution in [2.45, 2.75) is 13.2 Å². The van der Waals surface area contributed by atoms with Crippen molar-refractivity contribution in [3.05, 3.63) is 108 Å². The van der Waals surface area contributed by atoms with Crippen LogP contribution in [0.4, 0.5) is 11.4 Å². The van der Waals surface area contributed by atoms with Crippen LogP contribution >= 0.6 is 15.9 Å². The summed E-state index contributed by atoms with van der Waals surface area (Å²) in [5, 5.41) is 25.4. The summed E-state index contributed by atoms with van der Waals surface area (Å²) in [7, 11) is 0. The van der Waals surface area contributed by atoms with E-state index in [1.807, 2.05) is 0 Å². The quantitative estimate of drug-likeness (QED) is 0.227. The molecule has 0 aromatic heterocycles. The fraction of sp³-hybridized carbons (Fsp3) is 0.0952. The van der Waals surface area contributed by atoms with Gasteiger partial charge in [-0.15, -0.1) is 0 Å². The summed E-state index contributed by atoms with van der Waals surface area (Å²) >= 11 is 3.44. The number of rotatable bonds is 9. The molecule has 0 aliphatic rings. The smallest absolute Gasteiger partial charge is 0.269 e. The molecule has 3 aromatic rings. The molecule has 0 saturated carbocycles. The van der Waals surface area contributed by atoms with Crippen LogP contribution in [0.2, 0.25) is 0 Å². The van der Waals surface area contributed by atoms with Gasteiger partial charge in [-0.2, -0.15) is 0 Å². The molecule has 31 heavy (non-hydrogen) atoms. The number of non-ortho nitro benzene ring substituents is 2. The Kier molecular flexibility index (Phi) is 7.28. The topological polar surface area (TPSA) is 117 Å². The Hall–Kier alpha value is -3.79. The standard InChI is InChI=1S/C21H16BrN3O6/c22-20-11-16(12-23-31-14-17-2-1-3-19(10-17)25(28)29)6-9-21(20)30-13-15-4-7-18(8-5-15)24(26)27/h1-12H,13-14H2/b23-12-. The van der Waals surface area contributed by atoms with E-state index >= 15 is 0 Å². The summed E-state index contributed by atoms with van der Waals surface area (Å²) in [6.07, 6.45) is 1.52. The normalized spacial score (nSPS) is 10.7. The van der Waals surface area contributed by atoms with Crippen molar-refractivity contribution in [3.8, 4) is 5.75 Å². The van der Waals surface area contributed by atoms with Gasteiger partial charge in [0.2, 0.25) is 0 Å². The van der Waals surface area contributed by atoms with Crippen LogP contribution in [-0.4, -0.2) is 16.1 Å². The zero-order valence-electron chi connectivity index (χ0n) is 16.0. The van der Waals surface area contributed by atoms with E-state index in [2.05, 4.69) is 21.1 Å². The molecular weight excluding hydrogens is 470 g/mol. The van der Waals surface area contributed by atoms with Gasteiger partial charge in [0, 0.05) is 24.3 Å². The molecule has 3 rings (SSSR count). The number of hydrogen-bond acceptors (Lipinski definition) is 7. The van der Waals surface area contributed by atoms with E-state index in [1.165, 1.54) is 30.5 Å². The van der Waals surface area contributed by atoms with Gasteiger partial charge in [0.15, 0.2) is 0 Å². The number of nitro benzene ring substituents is 2. The molecule has 0 amide bonds. The van der Waals surface area contributed by atoms with Gasteiger partial charge in [0.25, 0.3) is 11.4 Å². The lowest BCUT2D eigenvalue weighted by Crippen LogP contribution is -1.97. The van der Waals surface area contributed by atoms with Crippen LogP contribution < -0.4 is 4.74 Å².